The van der Waals surface area contributed by atoms with Crippen molar-refractivity contribution in [2.75, 3.05) is 5.32 Å². The summed E-state index contributed by atoms with van der Waals surface area (Å²) in [6.45, 7) is 1.48. The molecular weight excluding hydrogens is 372 g/mol. The number of aromatic nitrogens is 2. The van der Waals surface area contributed by atoms with Gasteiger partial charge in [0, 0.05) is 24.4 Å². The first-order valence-electron chi connectivity index (χ1n) is 9.03. The van der Waals surface area contributed by atoms with Crippen molar-refractivity contribution in [2.45, 2.75) is 19.4 Å². The van der Waals surface area contributed by atoms with Crippen LogP contribution in [0.4, 0.5) is 5.69 Å². The third-order valence-corrected chi connectivity index (χ3v) is 4.73. The molecule has 0 bridgehead atoms. The van der Waals surface area contributed by atoms with Crippen LogP contribution in [0.3, 0.4) is 0 Å². The van der Waals surface area contributed by atoms with E-state index in [1.165, 1.54) is 6.92 Å². The average Bonchev–Trinajstić information content (AvgIpc) is 3.15. The number of hydrogen-bond donors (Lipinski definition) is 2. The minimum Gasteiger partial charge on any atom is -0.326 e. The summed E-state index contributed by atoms with van der Waals surface area (Å²) >= 11 is 0. The third kappa shape index (κ3) is 3.86. The second-order valence-electron chi connectivity index (χ2n) is 6.66. The summed E-state index contributed by atoms with van der Waals surface area (Å²) in [5.74, 6) is -0.654. The number of nitrogens with one attached hydrogen (secondary N) is 2. The van der Waals surface area contributed by atoms with Crippen LogP contribution in [0.2, 0.25) is 0 Å². The van der Waals surface area contributed by atoms with Crippen molar-refractivity contribution in [3.05, 3.63) is 76.4 Å². The van der Waals surface area contributed by atoms with Crippen molar-refractivity contribution in [2.24, 2.45) is 0 Å². The molecule has 0 saturated carbocycles. The Hall–Kier alpha value is -3.94. The second kappa shape index (κ2) is 7.59. The van der Waals surface area contributed by atoms with Gasteiger partial charge in [0.25, 0.3) is 0 Å². The maximum atomic E-state index is 12.7. The van der Waals surface area contributed by atoms with Crippen molar-refractivity contribution in [1.29, 1.82) is 0 Å². The molecule has 0 aliphatic carbocycles. The van der Waals surface area contributed by atoms with E-state index in [0.717, 1.165) is 11.1 Å². The van der Waals surface area contributed by atoms with Gasteiger partial charge in [-0.25, -0.2) is 4.79 Å². The molecule has 2 heterocycles. The normalized spacial score (nSPS) is 15.1. The Morgan fingerprint density at radius 2 is 1.93 bits per heavy atom. The smallest absolute Gasteiger partial charge is 0.326 e. The number of aromatic amines is 1. The van der Waals surface area contributed by atoms with E-state index in [-0.39, 0.29) is 24.3 Å². The molecule has 0 saturated heterocycles. The summed E-state index contributed by atoms with van der Waals surface area (Å²) in [6.07, 6.45) is 3.72. The molecule has 2 aromatic carbocycles. The molecule has 1 atom stereocenters. The standard InChI is InChI=1S/C21H18N4O4/c1-13(26)25-11-10-14-4-2-3-5-17(14)18(25)12-19(27)22-16-8-6-15(7-9-16)20-23-21(28)29-24-20/h2-11,18H,12H2,1H3,(H,22,27)(H,23,24,28)/t18-/m1/s1. The van der Waals surface area contributed by atoms with Gasteiger partial charge < -0.3 is 10.2 Å². The molecule has 0 radical (unpaired) electrons. The van der Waals surface area contributed by atoms with Gasteiger partial charge in [-0.3, -0.25) is 19.1 Å². The molecular formula is C21H18N4O4. The van der Waals surface area contributed by atoms with Gasteiger partial charge in [-0.1, -0.05) is 29.4 Å². The Morgan fingerprint density at radius 3 is 2.62 bits per heavy atom. The van der Waals surface area contributed by atoms with Gasteiger partial charge in [-0.15, -0.1) is 0 Å². The fourth-order valence-corrected chi connectivity index (χ4v) is 3.37. The number of amides is 2. The molecule has 29 heavy (non-hydrogen) atoms. The number of rotatable bonds is 4. The van der Waals surface area contributed by atoms with Gasteiger partial charge in [0.2, 0.25) is 11.8 Å². The van der Waals surface area contributed by atoms with Gasteiger partial charge in [-0.2, -0.15) is 0 Å². The fraction of sp³-hybridized carbons (Fsp3) is 0.143. The second-order valence-corrected chi connectivity index (χ2v) is 6.66. The zero-order valence-electron chi connectivity index (χ0n) is 15.6. The molecule has 8 heteroatoms. The zero-order chi connectivity index (χ0) is 20.4. The largest absolute Gasteiger partial charge is 0.439 e. The maximum absolute atomic E-state index is 12.7. The first kappa shape index (κ1) is 18.4. The van der Waals surface area contributed by atoms with E-state index < -0.39 is 5.76 Å². The lowest BCUT2D eigenvalue weighted by Crippen LogP contribution is -2.33. The first-order chi connectivity index (χ1) is 14.0. The van der Waals surface area contributed by atoms with Crippen LogP contribution < -0.4 is 11.1 Å². The molecule has 3 aromatic rings. The van der Waals surface area contributed by atoms with E-state index in [1.54, 1.807) is 35.4 Å². The van der Waals surface area contributed by atoms with E-state index in [0.29, 0.717) is 17.1 Å². The predicted molar refractivity (Wildman–Crippen MR) is 107 cm³/mol. The van der Waals surface area contributed by atoms with Gasteiger partial charge in [0.1, 0.15) is 0 Å². The number of benzene rings is 2. The van der Waals surface area contributed by atoms with Crippen molar-refractivity contribution >= 4 is 23.6 Å². The SMILES string of the molecule is CC(=O)N1C=Cc2ccccc2[C@H]1CC(=O)Nc1ccc(-c2noc(=O)[nH]2)cc1. The minimum atomic E-state index is -0.630. The van der Waals surface area contributed by atoms with Crippen molar-refractivity contribution in [3.63, 3.8) is 0 Å². The lowest BCUT2D eigenvalue weighted by atomic mass is 9.93. The van der Waals surface area contributed by atoms with E-state index in [1.807, 2.05) is 30.3 Å². The Labute approximate surface area is 165 Å². The van der Waals surface area contributed by atoms with Crippen LogP contribution in [0.5, 0.6) is 0 Å². The molecule has 0 unspecified atom stereocenters. The molecule has 0 fully saturated rings. The summed E-state index contributed by atoms with van der Waals surface area (Å²) in [7, 11) is 0. The number of carbonyl (C=O) groups excluding carboxylic acids is 2. The van der Waals surface area contributed by atoms with Gasteiger partial charge in [-0.05, 0) is 41.5 Å². The van der Waals surface area contributed by atoms with Crippen LogP contribution in [-0.2, 0) is 9.59 Å². The predicted octanol–water partition coefficient (Wildman–Crippen LogP) is 2.93. The van der Waals surface area contributed by atoms with Crippen LogP contribution in [-0.4, -0.2) is 26.9 Å². The number of carbonyl (C=O) groups is 2. The number of H-pyrrole nitrogens is 1. The molecule has 2 N–H and O–H groups in total. The highest BCUT2D eigenvalue weighted by Crippen LogP contribution is 2.33. The lowest BCUT2D eigenvalue weighted by molar-refractivity contribution is -0.129. The highest BCUT2D eigenvalue weighted by Gasteiger charge is 2.28. The molecule has 1 aliphatic rings. The van der Waals surface area contributed by atoms with E-state index in [4.69, 9.17) is 0 Å². The van der Waals surface area contributed by atoms with E-state index in [9.17, 15) is 14.4 Å². The fourth-order valence-electron chi connectivity index (χ4n) is 3.37. The number of anilines is 1. The van der Waals surface area contributed by atoms with Crippen molar-refractivity contribution in [1.82, 2.24) is 15.0 Å². The summed E-state index contributed by atoms with van der Waals surface area (Å²) in [6, 6.07) is 14.2. The monoisotopic (exact) mass is 390 g/mol. The molecule has 4 rings (SSSR count). The van der Waals surface area contributed by atoms with E-state index in [2.05, 4.69) is 20.0 Å². The summed E-state index contributed by atoms with van der Waals surface area (Å²) in [5.41, 5.74) is 3.18. The summed E-state index contributed by atoms with van der Waals surface area (Å²) in [5, 5.41) is 6.47. The van der Waals surface area contributed by atoms with Crippen LogP contribution in [0.25, 0.3) is 17.5 Å². The molecule has 146 valence electrons. The Bertz CT molecular complexity index is 1140. The Balaban J connectivity index is 1.49. The topological polar surface area (TPSA) is 108 Å². The van der Waals surface area contributed by atoms with Crippen LogP contribution >= 0.6 is 0 Å². The van der Waals surface area contributed by atoms with Gasteiger partial charge >= 0.3 is 5.76 Å². The average molecular weight is 390 g/mol. The van der Waals surface area contributed by atoms with Crippen molar-refractivity contribution in [3.8, 4) is 11.4 Å². The number of hydrogen-bond acceptors (Lipinski definition) is 5. The van der Waals surface area contributed by atoms with Crippen LogP contribution in [0, 0.1) is 0 Å². The lowest BCUT2D eigenvalue weighted by Gasteiger charge is -2.32. The van der Waals surface area contributed by atoms with Crippen LogP contribution in [0.1, 0.15) is 30.5 Å². The number of nitrogens with zero attached hydrogens (tertiary/aromatic N) is 2. The highest BCUT2D eigenvalue weighted by molar-refractivity contribution is 5.92. The molecule has 2 amide bonds. The van der Waals surface area contributed by atoms with Crippen LogP contribution in [0.15, 0.2) is 64.0 Å². The number of fused-ring (bicyclic) bond motifs is 1. The third-order valence-electron chi connectivity index (χ3n) is 4.73. The maximum Gasteiger partial charge on any atom is 0.439 e. The molecule has 1 aliphatic heterocycles. The quantitative estimate of drug-likeness (QED) is 0.712. The summed E-state index contributed by atoms with van der Waals surface area (Å²) < 4.78 is 4.49. The highest BCUT2D eigenvalue weighted by atomic mass is 16.5. The summed E-state index contributed by atoms with van der Waals surface area (Å²) in [4.78, 5) is 39.8. The van der Waals surface area contributed by atoms with Crippen molar-refractivity contribution < 1.29 is 14.1 Å². The molecule has 8 nitrogen and oxygen atoms in total. The first-order valence-corrected chi connectivity index (χ1v) is 9.03. The van der Waals surface area contributed by atoms with E-state index >= 15 is 0 Å². The zero-order valence-corrected chi connectivity index (χ0v) is 15.6. The van der Waals surface area contributed by atoms with Gasteiger partial charge in [0.15, 0.2) is 5.82 Å². The minimum absolute atomic E-state index is 0.124. The Morgan fingerprint density at radius 1 is 1.17 bits per heavy atom. The Kier molecular flexibility index (Phi) is 4.82. The molecule has 0 spiro atoms. The van der Waals surface area contributed by atoms with Gasteiger partial charge in [0.05, 0.1) is 12.5 Å². The molecule has 1 aromatic heterocycles.